The molecule has 1 unspecified atom stereocenters. The molecule has 0 bridgehead atoms. The number of halogens is 2. The summed E-state index contributed by atoms with van der Waals surface area (Å²) in [6, 6.07) is 0. The quantitative estimate of drug-likeness (QED) is 0.785. The Morgan fingerprint density at radius 2 is 2.38 bits per heavy atom. The van der Waals surface area contributed by atoms with Gasteiger partial charge >= 0.3 is 0 Å². The van der Waals surface area contributed by atoms with E-state index in [0.29, 0.717) is 9.85 Å². The predicted molar refractivity (Wildman–Crippen MR) is 58.7 cm³/mol. The molecule has 0 aliphatic carbocycles. The lowest BCUT2D eigenvalue weighted by Crippen LogP contribution is -2.25. The summed E-state index contributed by atoms with van der Waals surface area (Å²) in [7, 11) is 1.95. The molecular weight excluding hydrogens is 253 g/mol. The minimum absolute atomic E-state index is 0.406. The van der Waals surface area contributed by atoms with E-state index in [1.807, 2.05) is 11.9 Å². The highest BCUT2D eigenvalue weighted by Crippen LogP contribution is 2.20. The van der Waals surface area contributed by atoms with Gasteiger partial charge in [0.05, 0.1) is 6.20 Å². The first kappa shape index (κ1) is 10.7. The first-order chi connectivity index (χ1) is 6.11. The number of aromatic nitrogens is 2. The largest absolute Gasteiger partial charge is 0.357 e. The van der Waals surface area contributed by atoms with E-state index in [9.17, 15) is 0 Å². The molecule has 13 heavy (non-hydrogen) atoms. The molecule has 1 heterocycles. The van der Waals surface area contributed by atoms with Crippen LogP contribution < -0.4 is 4.90 Å². The van der Waals surface area contributed by atoms with Crippen molar-refractivity contribution in [3.8, 4) is 0 Å². The Kier molecular flexibility index (Phi) is 3.93. The van der Waals surface area contributed by atoms with Gasteiger partial charge < -0.3 is 4.90 Å². The van der Waals surface area contributed by atoms with Gasteiger partial charge in [-0.05, 0) is 0 Å². The van der Waals surface area contributed by atoms with Gasteiger partial charge in [-0.2, -0.15) is 0 Å². The van der Waals surface area contributed by atoms with Gasteiger partial charge in [0.25, 0.3) is 0 Å². The maximum atomic E-state index is 5.92. The van der Waals surface area contributed by atoms with Crippen LogP contribution in [0.2, 0.25) is 5.02 Å². The zero-order valence-corrected chi connectivity index (χ0v) is 9.88. The van der Waals surface area contributed by atoms with Crippen LogP contribution in [-0.2, 0) is 0 Å². The molecule has 0 aliphatic heterocycles. The minimum atomic E-state index is 0.406. The van der Waals surface area contributed by atoms with Gasteiger partial charge in [-0.25, -0.2) is 9.97 Å². The van der Waals surface area contributed by atoms with Gasteiger partial charge in [-0.15, -0.1) is 0 Å². The van der Waals surface area contributed by atoms with Crippen LogP contribution in [0.5, 0.6) is 0 Å². The van der Waals surface area contributed by atoms with E-state index in [1.165, 1.54) is 6.33 Å². The molecule has 5 heteroatoms. The van der Waals surface area contributed by atoms with Crippen molar-refractivity contribution in [2.24, 2.45) is 0 Å². The first-order valence-corrected chi connectivity index (χ1v) is 5.21. The Morgan fingerprint density at radius 1 is 1.69 bits per heavy atom. The molecule has 0 aliphatic rings. The van der Waals surface area contributed by atoms with Crippen LogP contribution in [0.25, 0.3) is 0 Å². The Morgan fingerprint density at radius 3 is 2.92 bits per heavy atom. The molecule has 1 aromatic rings. The van der Waals surface area contributed by atoms with Crippen molar-refractivity contribution in [3.63, 3.8) is 0 Å². The number of rotatable bonds is 3. The number of alkyl halides is 1. The van der Waals surface area contributed by atoms with Crippen molar-refractivity contribution in [2.75, 3.05) is 18.5 Å². The summed E-state index contributed by atoms with van der Waals surface area (Å²) in [5.74, 6) is 0.767. The average molecular weight is 265 g/mol. The van der Waals surface area contributed by atoms with Crippen LogP contribution in [0.4, 0.5) is 5.82 Å². The van der Waals surface area contributed by atoms with Crippen molar-refractivity contribution in [1.82, 2.24) is 9.97 Å². The second kappa shape index (κ2) is 4.77. The summed E-state index contributed by atoms with van der Waals surface area (Å²) >= 11 is 9.39. The maximum absolute atomic E-state index is 5.92. The van der Waals surface area contributed by atoms with Gasteiger partial charge in [-0.3, -0.25) is 0 Å². The number of nitrogens with zero attached hydrogens (tertiary/aromatic N) is 3. The van der Waals surface area contributed by atoms with Crippen LogP contribution in [0.1, 0.15) is 6.92 Å². The third-order valence-electron chi connectivity index (χ3n) is 1.54. The van der Waals surface area contributed by atoms with Crippen molar-refractivity contribution in [2.45, 2.75) is 11.8 Å². The Balaban J connectivity index is 2.76. The van der Waals surface area contributed by atoms with Gasteiger partial charge in [0.1, 0.15) is 11.3 Å². The number of hydrogen-bond donors (Lipinski definition) is 0. The van der Waals surface area contributed by atoms with Crippen molar-refractivity contribution in [1.29, 1.82) is 0 Å². The van der Waals surface area contributed by atoms with E-state index in [0.717, 1.165) is 12.4 Å². The maximum Gasteiger partial charge on any atom is 0.150 e. The zero-order chi connectivity index (χ0) is 9.84. The summed E-state index contributed by atoms with van der Waals surface area (Å²) in [4.78, 5) is 10.3. The summed E-state index contributed by atoms with van der Waals surface area (Å²) in [6.45, 7) is 2.93. The fourth-order valence-corrected chi connectivity index (χ4v) is 1.73. The summed E-state index contributed by atoms with van der Waals surface area (Å²) in [5, 5.41) is 0.582. The smallest absolute Gasteiger partial charge is 0.150 e. The molecule has 0 amide bonds. The van der Waals surface area contributed by atoms with Crippen LogP contribution in [-0.4, -0.2) is 28.4 Å². The van der Waals surface area contributed by atoms with Gasteiger partial charge in [-0.1, -0.05) is 34.5 Å². The molecule has 3 nitrogen and oxygen atoms in total. The molecule has 1 atom stereocenters. The van der Waals surface area contributed by atoms with Gasteiger partial charge in [0.15, 0.2) is 5.82 Å². The highest BCUT2D eigenvalue weighted by molar-refractivity contribution is 9.09. The Bertz CT molecular complexity index is 280. The molecular formula is C8H11BrClN3. The summed E-state index contributed by atoms with van der Waals surface area (Å²) in [6.07, 6.45) is 3.09. The molecule has 1 aromatic heterocycles. The molecule has 1 rings (SSSR count). The molecule has 0 aromatic carbocycles. The van der Waals surface area contributed by atoms with Crippen LogP contribution in [0, 0.1) is 0 Å². The highest BCUT2D eigenvalue weighted by atomic mass is 79.9. The topological polar surface area (TPSA) is 29.0 Å². The molecule has 0 spiro atoms. The fourth-order valence-electron chi connectivity index (χ4n) is 1.05. The molecule has 0 saturated heterocycles. The van der Waals surface area contributed by atoms with Crippen molar-refractivity contribution >= 4 is 33.3 Å². The van der Waals surface area contributed by atoms with Crippen LogP contribution in [0.15, 0.2) is 12.5 Å². The second-order valence-electron chi connectivity index (χ2n) is 2.86. The molecule has 0 N–H and O–H groups in total. The lowest BCUT2D eigenvalue weighted by atomic mass is 10.4. The molecule has 0 radical (unpaired) electrons. The van der Waals surface area contributed by atoms with E-state index in [-0.39, 0.29) is 0 Å². The Hall–Kier alpha value is -0.350. The van der Waals surface area contributed by atoms with Gasteiger partial charge in [0, 0.05) is 18.4 Å². The molecule has 0 saturated carbocycles. The lowest BCUT2D eigenvalue weighted by molar-refractivity contribution is 0.856. The standard InChI is InChI=1S/C8H11BrClN3/c1-6(9)4-13(2)8-7(10)3-11-5-12-8/h3,5-6H,4H2,1-2H3. The third kappa shape index (κ3) is 3.12. The molecule has 0 fully saturated rings. The summed E-state index contributed by atoms with van der Waals surface area (Å²) in [5.41, 5.74) is 0. The van der Waals surface area contributed by atoms with Gasteiger partial charge in [0.2, 0.25) is 0 Å². The van der Waals surface area contributed by atoms with Crippen molar-refractivity contribution < 1.29 is 0 Å². The number of hydrogen-bond acceptors (Lipinski definition) is 3. The fraction of sp³-hybridized carbons (Fsp3) is 0.500. The van der Waals surface area contributed by atoms with E-state index in [2.05, 4.69) is 32.8 Å². The first-order valence-electron chi connectivity index (χ1n) is 3.92. The van der Waals surface area contributed by atoms with Crippen LogP contribution in [0.3, 0.4) is 0 Å². The van der Waals surface area contributed by atoms with E-state index >= 15 is 0 Å². The lowest BCUT2D eigenvalue weighted by Gasteiger charge is -2.19. The SMILES string of the molecule is CC(Br)CN(C)c1ncncc1Cl. The second-order valence-corrected chi connectivity index (χ2v) is 4.83. The minimum Gasteiger partial charge on any atom is -0.357 e. The van der Waals surface area contributed by atoms with E-state index in [1.54, 1.807) is 6.20 Å². The number of anilines is 1. The summed E-state index contributed by atoms with van der Waals surface area (Å²) < 4.78 is 0. The Labute approximate surface area is 91.3 Å². The van der Waals surface area contributed by atoms with E-state index < -0.39 is 0 Å². The van der Waals surface area contributed by atoms with E-state index in [4.69, 9.17) is 11.6 Å². The average Bonchev–Trinajstić information content (AvgIpc) is 2.03. The predicted octanol–water partition coefficient (Wildman–Crippen LogP) is 2.35. The third-order valence-corrected chi connectivity index (χ3v) is 2.09. The zero-order valence-electron chi connectivity index (χ0n) is 7.54. The molecule has 72 valence electrons. The van der Waals surface area contributed by atoms with Crippen molar-refractivity contribution in [3.05, 3.63) is 17.5 Å². The highest BCUT2D eigenvalue weighted by Gasteiger charge is 2.08. The normalized spacial score (nSPS) is 12.6. The van der Waals surface area contributed by atoms with Crippen LogP contribution >= 0.6 is 27.5 Å². The monoisotopic (exact) mass is 263 g/mol.